The van der Waals surface area contributed by atoms with Crippen LogP contribution in [0.3, 0.4) is 0 Å². The molecular weight excluding hydrogens is 439 g/mol. The van der Waals surface area contributed by atoms with Gasteiger partial charge in [-0.1, -0.05) is 6.07 Å². The molecule has 0 radical (unpaired) electrons. The van der Waals surface area contributed by atoms with Gasteiger partial charge in [-0.25, -0.2) is 18.7 Å². The number of hydrogen-bond acceptors (Lipinski definition) is 4. The predicted octanol–water partition coefficient (Wildman–Crippen LogP) is 6.17. The average Bonchev–Trinajstić information content (AvgIpc) is 3.29. The highest BCUT2D eigenvalue weighted by molar-refractivity contribution is 5.94. The van der Waals surface area contributed by atoms with Gasteiger partial charge >= 0.3 is 6.18 Å². The van der Waals surface area contributed by atoms with Crippen molar-refractivity contribution in [2.45, 2.75) is 25.1 Å². The molecule has 1 aliphatic heterocycles. The standard InChI is InChI=1S/C24H17F5N4/c25-16-6-7-17(19(26)12-16)14-5-8-20-18(11-14)23(33-10-2-4-21(33)24(27,28)29)32-22(31-20)15-3-1-9-30-13-15/h1,3,5-9,11-13,21H,2,4,10H2/t21-/m0/s1. The number of pyridine rings is 1. The second-order valence-electron chi connectivity index (χ2n) is 7.86. The Labute approximate surface area is 185 Å². The molecular formula is C24H17F5N4. The minimum absolute atomic E-state index is 0.0382. The van der Waals surface area contributed by atoms with E-state index < -0.39 is 23.9 Å². The van der Waals surface area contributed by atoms with Crippen molar-refractivity contribution in [2.75, 3.05) is 11.4 Å². The Balaban J connectivity index is 1.73. The van der Waals surface area contributed by atoms with E-state index in [-0.39, 0.29) is 30.2 Å². The maximum absolute atomic E-state index is 14.4. The van der Waals surface area contributed by atoms with Crippen molar-refractivity contribution in [2.24, 2.45) is 0 Å². The van der Waals surface area contributed by atoms with E-state index in [2.05, 4.69) is 15.0 Å². The highest BCUT2D eigenvalue weighted by Gasteiger charge is 2.47. The zero-order valence-corrected chi connectivity index (χ0v) is 17.2. The quantitative estimate of drug-likeness (QED) is 0.346. The molecule has 0 saturated carbocycles. The van der Waals surface area contributed by atoms with Gasteiger partial charge in [0.05, 0.1) is 5.52 Å². The van der Waals surface area contributed by atoms with Gasteiger partial charge in [-0.05, 0) is 54.8 Å². The third kappa shape index (κ3) is 3.99. The van der Waals surface area contributed by atoms with Gasteiger partial charge in [0.2, 0.25) is 0 Å². The fourth-order valence-corrected chi connectivity index (χ4v) is 4.21. The summed E-state index contributed by atoms with van der Waals surface area (Å²) >= 11 is 0. The minimum atomic E-state index is -4.43. The third-order valence-electron chi connectivity index (χ3n) is 5.74. The van der Waals surface area contributed by atoms with Crippen LogP contribution in [0.5, 0.6) is 0 Å². The second kappa shape index (κ2) is 8.06. The van der Waals surface area contributed by atoms with Crippen molar-refractivity contribution in [1.29, 1.82) is 0 Å². The molecule has 168 valence electrons. The van der Waals surface area contributed by atoms with E-state index in [9.17, 15) is 22.0 Å². The summed E-state index contributed by atoms with van der Waals surface area (Å²) in [5.74, 6) is -1.10. The molecule has 0 spiro atoms. The molecule has 4 nitrogen and oxygen atoms in total. The molecule has 2 aromatic carbocycles. The molecule has 1 saturated heterocycles. The molecule has 1 atom stereocenters. The van der Waals surface area contributed by atoms with Gasteiger partial charge in [0.25, 0.3) is 0 Å². The first kappa shape index (κ1) is 21.2. The van der Waals surface area contributed by atoms with E-state index in [1.54, 1.807) is 42.7 Å². The molecule has 0 amide bonds. The topological polar surface area (TPSA) is 41.9 Å². The predicted molar refractivity (Wildman–Crippen MR) is 115 cm³/mol. The molecule has 1 fully saturated rings. The lowest BCUT2D eigenvalue weighted by atomic mass is 10.0. The molecule has 0 bridgehead atoms. The van der Waals surface area contributed by atoms with E-state index in [0.29, 0.717) is 28.5 Å². The zero-order chi connectivity index (χ0) is 23.2. The fourth-order valence-electron chi connectivity index (χ4n) is 4.21. The summed E-state index contributed by atoms with van der Waals surface area (Å²) in [7, 11) is 0. The maximum atomic E-state index is 14.4. The normalized spacial score (nSPS) is 16.5. The van der Waals surface area contributed by atoms with Crippen LogP contribution in [0.25, 0.3) is 33.4 Å². The first-order valence-electron chi connectivity index (χ1n) is 10.3. The van der Waals surface area contributed by atoms with Crippen LogP contribution in [-0.2, 0) is 0 Å². The van der Waals surface area contributed by atoms with Gasteiger partial charge in [0.1, 0.15) is 23.5 Å². The molecule has 4 aromatic rings. The van der Waals surface area contributed by atoms with Crippen LogP contribution < -0.4 is 4.90 Å². The van der Waals surface area contributed by atoms with Gasteiger partial charge in [-0.3, -0.25) is 4.98 Å². The lowest BCUT2D eigenvalue weighted by Crippen LogP contribution is -2.41. The zero-order valence-electron chi connectivity index (χ0n) is 17.2. The number of alkyl halides is 3. The van der Waals surface area contributed by atoms with Crippen LogP contribution in [0.2, 0.25) is 0 Å². The summed E-state index contributed by atoms with van der Waals surface area (Å²) in [5.41, 5.74) is 1.51. The molecule has 0 unspecified atom stereocenters. The van der Waals surface area contributed by atoms with Crippen molar-refractivity contribution in [3.05, 3.63) is 72.6 Å². The lowest BCUT2D eigenvalue weighted by Gasteiger charge is -2.28. The average molecular weight is 456 g/mol. The molecule has 3 heterocycles. The Hall–Kier alpha value is -3.62. The van der Waals surface area contributed by atoms with Crippen LogP contribution in [0.4, 0.5) is 27.8 Å². The Morgan fingerprint density at radius 2 is 1.79 bits per heavy atom. The largest absolute Gasteiger partial charge is 0.408 e. The van der Waals surface area contributed by atoms with E-state index >= 15 is 0 Å². The summed E-state index contributed by atoms with van der Waals surface area (Å²) in [6.45, 7) is 0.178. The van der Waals surface area contributed by atoms with E-state index in [1.165, 1.54) is 11.0 Å². The smallest absolute Gasteiger partial charge is 0.344 e. The van der Waals surface area contributed by atoms with Gasteiger partial charge in [-0.2, -0.15) is 13.2 Å². The third-order valence-corrected chi connectivity index (χ3v) is 5.74. The molecule has 9 heteroatoms. The Bertz CT molecular complexity index is 1320. The fraction of sp³-hybridized carbons (Fsp3) is 0.208. The van der Waals surface area contributed by atoms with Crippen LogP contribution in [0, 0.1) is 11.6 Å². The number of nitrogens with zero attached hydrogens (tertiary/aromatic N) is 4. The molecule has 0 aliphatic carbocycles. The van der Waals surface area contributed by atoms with E-state index in [0.717, 1.165) is 12.1 Å². The van der Waals surface area contributed by atoms with Gasteiger partial charge in [0.15, 0.2) is 5.82 Å². The van der Waals surface area contributed by atoms with Crippen LogP contribution in [0.15, 0.2) is 60.9 Å². The van der Waals surface area contributed by atoms with E-state index in [4.69, 9.17) is 0 Å². The highest BCUT2D eigenvalue weighted by atomic mass is 19.4. The van der Waals surface area contributed by atoms with Crippen molar-refractivity contribution < 1.29 is 22.0 Å². The number of rotatable bonds is 3. The molecule has 2 aromatic heterocycles. The molecule has 1 aliphatic rings. The highest BCUT2D eigenvalue weighted by Crippen LogP contribution is 2.39. The first-order chi connectivity index (χ1) is 15.8. The first-order valence-corrected chi connectivity index (χ1v) is 10.3. The number of anilines is 1. The molecule has 33 heavy (non-hydrogen) atoms. The Morgan fingerprint density at radius 1 is 0.939 bits per heavy atom. The van der Waals surface area contributed by atoms with Crippen LogP contribution in [-0.4, -0.2) is 33.7 Å². The number of hydrogen-bond donors (Lipinski definition) is 0. The monoisotopic (exact) mass is 456 g/mol. The number of halogens is 5. The molecule has 0 N–H and O–H groups in total. The van der Waals surface area contributed by atoms with Gasteiger partial charge in [0, 0.05) is 41.5 Å². The maximum Gasteiger partial charge on any atom is 0.408 e. The Kier molecular flexibility index (Phi) is 5.19. The number of fused-ring (bicyclic) bond motifs is 1. The van der Waals surface area contributed by atoms with Crippen molar-refractivity contribution in [1.82, 2.24) is 15.0 Å². The second-order valence-corrected chi connectivity index (χ2v) is 7.86. The molecule has 5 rings (SSSR count). The van der Waals surface area contributed by atoms with Gasteiger partial charge in [-0.15, -0.1) is 0 Å². The Morgan fingerprint density at radius 3 is 2.52 bits per heavy atom. The SMILES string of the molecule is Fc1ccc(-c2ccc3nc(-c4cccnc4)nc(N4CCC[C@H]4C(F)(F)F)c3c2)c(F)c1. The minimum Gasteiger partial charge on any atom is -0.344 e. The summed E-state index contributed by atoms with van der Waals surface area (Å²) in [5, 5.41) is 0.361. The van der Waals surface area contributed by atoms with Crippen molar-refractivity contribution >= 4 is 16.7 Å². The van der Waals surface area contributed by atoms with Crippen molar-refractivity contribution in [3.63, 3.8) is 0 Å². The van der Waals surface area contributed by atoms with Gasteiger partial charge < -0.3 is 4.90 Å². The summed E-state index contributed by atoms with van der Waals surface area (Å²) in [6, 6.07) is 9.70. The summed E-state index contributed by atoms with van der Waals surface area (Å²) in [6.07, 6.45) is -0.982. The van der Waals surface area contributed by atoms with Crippen LogP contribution in [0.1, 0.15) is 12.8 Å². The van der Waals surface area contributed by atoms with Crippen molar-refractivity contribution in [3.8, 4) is 22.5 Å². The number of benzene rings is 2. The lowest BCUT2D eigenvalue weighted by molar-refractivity contribution is -0.146. The summed E-state index contributed by atoms with van der Waals surface area (Å²) < 4.78 is 69.1. The van der Waals surface area contributed by atoms with E-state index in [1.807, 2.05) is 0 Å². The number of aromatic nitrogens is 3. The van der Waals surface area contributed by atoms with Crippen LogP contribution >= 0.6 is 0 Å². The summed E-state index contributed by atoms with van der Waals surface area (Å²) in [4.78, 5) is 14.3.